The van der Waals surface area contributed by atoms with Crippen LogP contribution in [0.15, 0.2) is 0 Å². The van der Waals surface area contributed by atoms with Gasteiger partial charge in [-0.15, -0.1) is 0 Å². The maximum absolute atomic E-state index is 3.48. The van der Waals surface area contributed by atoms with Gasteiger partial charge < -0.3 is 10.2 Å². The highest BCUT2D eigenvalue weighted by molar-refractivity contribution is 4.79. The standard InChI is InChI=1S/C16H32N2/c1-3-11-18(13-16-7-9-17-10-8-16)14(2)12-15-5-4-6-15/h14-17H,3-13H2,1-2H3. The van der Waals surface area contributed by atoms with E-state index >= 15 is 0 Å². The normalized spacial score (nSPS) is 24.2. The van der Waals surface area contributed by atoms with E-state index in [9.17, 15) is 0 Å². The van der Waals surface area contributed by atoms with E-state index in [0.29, 0.717) is 0 Å². The summed E-state index contributed by atoms with van der Waals surface area (Å²) >= 11 is 0. The fraction of sp³-hybridized carbons (Fsp3) is 1.00. The number of piperidine rings is 1. The van der Waals surface area contributed by atoms with E-state index in [0.717, 1.165) is 17.9 Å². The second kappa shape index (κ2) is 7.49. The van der Waals surface area contributed by atoms with Crippen LogP contribution >= 0.6 is 0 Å². The third kappa shape index (κ3) is 4.24. The van der Waals surface area contributed by atoms with Gasteiger partial charge in [0.2, 0.25) is 0 Å². The van der Waals surface area contributed by atoms with Crippen molar-refractivity contribution in [2.75, 3.05) is 26.2 Å². The first-order valence-corrected chi connectivity index (χ1v) is 8.24. The number of hydrogen-bond acceptors (Lipinski definition) is 2. The minimum absolute atomic E-state index is 0.810. The van der Waals surface area contributed by atoms with Gasteiger partial charge in [0.1, 0.15) is 0 Å². The lowest BCUT2D eigenvalue weighted by molar-refractivity contribution is 0.125. The van der Waals surface area contributed by atoms with Gasteiger partial charge >= 0.3 is 0 Å². The summed E-state index contributed by atoms with van der Waals surface area (Å²) in [7, 11) is 0. The van der Waals surface area contributed by atoms with Crippen molar-refractivity contribution in [2.24, 2.45) is 11.8 Å². The highest BCUT2D eigenvalue weighted by Crippen LogP contribution is 2.32. The Kier molecular flexibility index (Phi) is 5.97. The van der Waals surface area contributed by atoms with Gasteiger partial charge in [-0.25, -0.2) is 0 Å². The Hall–Kier alpha value is -0.0800. The van der Waals surface area contributed by atoms with Crippen LogP contribution in [0.25, 0.3) is 0 Å². The molecule has 2 heteroatoms. The van der Waals surface area contributed by atoms with Crippen molar-refractivity contribution >= 4 is 0 Å². The fourth-order valence-electron chi connectivity index (χ4n) is 3.53. The molecule has 0 bridgehead atoms. The highest BCUT2D eigenvalue weighted by atomic mass is 15.1. The van der Waals surface area contributed by atoms with E-state index in [2.05, 4.69) is 24.1 Å². The van der Waals surface area contributed by atoms with Crippen molar-refractivity contribution in [1.82, 2.24) is 10.2 Å². The van der Waals surface area contributed by atoms with Gasteiger partial charge in [0.25, 0.3) is 0 Å². The lowest BCUT2D eigenvalue weighted by Crippen LogP contribution is -2.42. The summed E-state index contributed by atoms with van der Waals surface area (Å²) in [6, 6.07) is 0.810. The molecule has 0 amide bonds. The van der Waals surface area contributed by atoms with E-state index in [-0.39, 0.29) is 0 Å². The molecule has 1 aliphatic heterocycles. The van der Waals surface area contributed by atoms with Crippen molar-refractivity contribution in [3.05, 3.63) is 0 Å². The molecule has 0 aromatic heterocycles. The highest BCUT2D eigenvalue weighted by Gasteiger charge is 2.25. The van der Waals surface area contributed by atoms with Crippen molar-refractivity contribution < 1.29 is 0 Å². The topological polar surface area (TPSA) is 15.3 Å². The summed E-state index contributed by atoms with van der Waals surface area (Å²) in [5, 5.41) is 3.48. The first-order valence-electron chi connectivity index (χ1n) is 8.24. The lowest BCUT2D eigenvalue weighted by atomic mass is 9.80. The van der Waals surface area contributed by atoms with Crippen LogP contribution in [0.4, 0.5) is 0 Å². The number of rotatable bonds is 7. The van der Waals surface area contributed by atoms with Crippen molar-refractivity contribution in [2.45, 2.75) is 64.8 Å². The van der Waals surface area contributed by atoms with E-state index in [1.165, 1.54) is 71.1 Å². The molecule has 1 saturated heterocycles. The molecule has 2 rings (SSSR count). The average Bonchev–Trinajstić information content (AvgIpc) is 2.34. The molecule has 2 aliphatic rings. The van der Waals surface area contributed by atoms with E-state index in [1.807, 2.05) is 0 Å². The quantitative estimate of drug-likeness (QED) is 0.748. The molecule has 0 radical (unpaired) electrons. The predicted molar refractivity (Wildman–Crippen MR) is 78.9 cm³/mol. The van der Waals surface area contributed by atoms with E-state index in [4.69, 9.17) is 0 Å². The predicted octanol–water partition coefficient (Wildman–Crippen LogP) is 3.28. The lowest BCUT2D eigenvalue weighted by Gasteiger charge is -2.37. The molecule has 1 saturated carbocycles. The van der Waals surface area contributed by atoms with E-state index in [1.54, 1.807) is 0 Å². The fourth-order valence-corrected chi connectivity index (χ4v) is 3.53. The smallest absolute Gasteiger partial charge is 0.00696 e. The summed E-state index contributed by atoms with van der Waals surface area (Å²) < 4.78 is 0. The molecule has 1 atom stereocenters. The molecule has 2 nitrogen and oxygen atoms in total. The Morgan fingerprint density at radius 2 is 1.83 bits per heavy atom. The van der Waals surface area contributed by atoms with Crippen molar-refractivity contribution in [1.29, 1.82) is 0 Å². The Bertz CT molecular complexity index is 219. The third-order valence-electron chi connectivity index (χ3n) is 4.98. The first kappa shape index (κ1) is 14.3. The third-order valence-corrected chi connectivity index (χ3v) is 4.98. The zero-order chi connectivity index (χ0) is 12.8. The number of hydrogen-bond donors (Lipinski definition) is 1. The number of nitrogens with zero attached hydrogens (tertiary/aromatic N) is 1. The van der Waals surface area contributed by atoms with Gasteiger partial charge in [0, 0.05) is 12.6 Å². The zero-order valence-electron chi connectivity index (χ0n) is 12.5. The van der Waals surface area contributed by atoms with Crippen LogP contribution in [0.5, 0.6) is 0 Å². The second-order valence-electron chi connectivity index (χ2n) is 6.57. The zero-order valence-corrected chi connectivity index (χ0v) is 12.5. The minimum atomic E-state index is 0.810. The maximum atomic E-state index is 3.48. The largest absolute Gasteiger partial charge is 0.317 e. The summed E-state index contributed by atoms with van der Waals surface area (Å²) in [6.45, 7) is 9.92. The molecule has 0 aromatic rings. The van der Waals surface area contributed by atoms with Crippen LogP contribution in [0.2, 0.25) is 0 Å². The van der Waals surface area contributed by atoms with Crippen LogP contribution in [-0.4, -0.2) is 37.1 Å². The van der Waals surface area contributed by atoms with Gasteiger partial charge in [-0.3, -0.25) is 0 Å². The Morgan fingerprint density at radius 1 is 1.11 bits per heavy atom. The number of nitrogens with one attached hydrogen (secondary N) is 1. The van der Waals surface area contributed by atoms with Gasteiger partial charge in [-0.2, -0.15) is 0 Å². The van der Waals surface area contributed by atoms with Gasteiger partial charge in [-0.1, -0.05) is 26.2 Å². The molecular formula is C16H32N2. The summed E-state index contributed by atoms with van der Waals surface area (Å²) in [4.78, 5) is 2.79. The maximum Gasteiger partial charge on any atom is 0.00696 e. The van der Waals surface area contributed by atoms with Gasteiger partial charge in [-0.05, 0) is 64.1 Å². The molecule has 1 heterocycles. The summed E-state index contributed by atoms with van der Waals surface area (Å²) in [5.74, 6) is 1.99. The molecule has 106 valence electrons. The second-order valence-corrected chi connectivity index (χ2v) is 6.57. The SMILES string of the molecule is CCCN(CC1CCNCC1)C(C)CC1CCC1. The van der Waals surface area contributed by atoms with Gasteiger partial charge in [0.05, 0.1) is 0 Å². The monoisotopic (exact) mass is 252 g/mol. The molecule has 18 heavy (non-hydrogen) atoms. The summed E-state index contributed by atoms with van der Waals surface area (Å²) in [6.07, 6.45) is 10.0. The molecular weight excluding hydrogens is 220 g/mol. The van der Waals surface area contributed by atoms with Crippen molar-refractivity contribution in [3.8, 4) is 0 Å². The van der Waals surface area contributed by atoms with Crippen LogP contribution < -0.4 is 5.32 Å². The Labute approximate surface area is 114 Å². The Morgan fingerprint density at radius 3 is 2.39 bits per heavy atom. The van der Waals surface area contributed by atoms with Crippen LogP contribution in [-0.2, 0) is 0 Å². The molecule has 0 spiro atoms. The molecule has 1 unspecified atom stereocenters. The molecule has 1 N–H and O–H groups in total. The molecule has 0 aromatic carbocycles. The van der Waals surface area contributed by atoms with Crippen molar-refractivity contribution in [3.63, 3.8) is 0 Å². The van der Waals surface area contributed by atoms with Crippen LogP contribution in [0.3, 0.4) is 0 Å². The molecule has 2 fully saturated rings. The van der Waals surface area contributed by atoms with E-state index < -0.39 is 0 Å². The van der Waals surface area contributed by atoms with Crippen LogP contribution in [0, 0.1) is 11.8 Å². The molecule has 1 aliphatic carbocycles. The van der Waals surface area contributed by atoms with Crippen LogP contribution in [0.1, 0.15) is 58.8 Å². The Balaban J connectivity index is 1.76. The first-order chi connectivity index (χ1) is 8.79. The summed E-state index contributed by atoms with van der Waals surface area (Å²) in [5.41, 5.74) is 0. The minimum Gasteiger partial charge on any atom is -0.317 e. The average molecular weight is 252 g/mol. The van der Waals surface area contributed by atoms with Gasteiger partial charge in [0.15, 0.2) is 0 Å².